The number of carbonyl (C=O) groups is 2. The first-order chi connectivity index (χ1) is 8.49. The number of hydrogen-bond donors (Lipinski definition) is 3. The van der Waals surface area contributed by atoms with Crippen LogP contribution in [0.5, 0.6) is 0 Å². The zero-order chi connectivity index (χ0) is 13.2. The van der Waals surface area contributed by atoms with Crippen LogP contribution in [0, 0.1) is 0 Å². The first-order valence-electron chi connectivity index (χ1n) is 6.54. The van der Waals surface area contributed by atoms with Crippen molar-refractivity contribution in [2.24, 2.45) is 5.73 Å². The highest BCUT2D eigenvalue weighted by atomic mass is 16.4. The van der Waals surface area contributed by atoms with Gasteiger partial charge in [-0.3, -0.25) is 14.5 Å². The lowest BCUT2D eigenvalue weighted by Crippen LogP contribution is -2.51. The maximum Gasteiger partial charge on any atom is 0.325 e. The Morgan fingerprint density at radius 2 is 2.06 bits per heavy atom. The van der Waals surface area contributed by atoms with Crippen molar-refractivity contribution in [3.8, 4) is 0 Å². The van der Waals surface area contributed by atoms with Crippen molar-refractivity contribution in [1.82, 2.24) is 10.2 Å². The first-order valence-corrected chi connectivity index (χ1v) is 6.54. The van der Waals surface area contributed by atoms with Crippen molar-refractivity contribution in [2.45, 2.75) is 43.7 Å². The Labute approximate surface area is 107 Å². The summed E-state index contributed by atoms with van der Waals surface area (Å²) < 4.78 is 0. The molecule has 1 amide bonds. The fraction of sp³-hybridized carbons (Fsp3) is 0.833. The van der Waals surface area contributed by atoms with Gasteiger partial charge in [-0.05, 0) is 19.3 Å². The van der Waals surface area contributed by atoms with Gasteiger partial charge in [0.2, 0.25) is 5.91 Å². The number of carbonyl (C=O) groups excluding carboxylic acids is 1. The Bertz CT molecular complexity index is 341. The fourth-order valence-electron chi connectivity index (χ4n) is 2.77. The summed E-state index contributed by atoms with van der Waals surface area (Å²) in [5.41, 5.74) is 4.57. The minimum atomic E-state index is -1.19. The molecular weight excluding hydrogens is 234 g/mol. The van der Waals surface area contributed by atoms with Crippen molar-refractivity contribution in [3.63, 3.8) is 0 Å². The smallest absolute Gasteiger partial charge is 0.325 e. The highest BCUT2D eigenvalue weighted by Gasteiger charge is 2.41. The van der Waals surface area contributed by atoms with Crippen LogP contribution < -0.4 is 11.1 Å². The third-order valence-corrected chi connectivity index (χ3v) is 3.89. The summed E-state index contributed by atoms with van der Waals surface area (Å²) in [6.07, 6.45) is 4.88. The van der Waals surface area contributed by atoms with E-state index in [9.17, 15) is 9.59 Å². The second-order valence-corrected chi connectivity index (χ2v) is 5.47. The van der Waals surface area contributed by atoms with Crippen molar-refractivity contribution in [3.05, 3.63) is 0 Å². The van der Waals surface area contributed by atoms with Crippen LogP contribution in [-0.4, -0.2) is 53.1 Å². The van der Waals surface area contributed by atoms with Crippen molar-refractivity contribution >= 4 is 11.9 Å². The van der Waals surface area contributed by atoms with Gasteiger partial charge in [0, 0.05) is 19.1 Å². The average Bonchev–Trinajstić information content (AvgIpc) is 2.89. The molecule has 0 bridgehead atoms. The van der Waals surface area contributed by atoms with Gasteiger partial charge in [-0.15, -0.1) is 0 Å². The molecule has 0 aromatic rings. The predicted molar refractivity (Wildman–Crippen MR) is 66.0 cm³/mol. The number of rotatable bonds is 4. The van der Waals surface area contributed by atoms with E-state index >= 15 is 0 Å². The Morgan fingerprint density at radius 3 is 2.61 bits per heavy atom. The molecule has 4 N–H and O–H groups in total. The number of nitrogens with zero attached hydrogens (tertiary/aromatic N) is 1. The molecule has 6 nitrogen and oxygen atoms in total. The second kappa shape index (κ2) is 5.24. The van der Waals surface area contributed by atoms with Gasteiger partial charge in [0.15, 0.2) is 0 Å². The Morgan fingerprint density at radius 1 is 1.39 bits per heavy atom. The molecule has 1 unspecified atom stereocenters. The summed E-state index contributed by atoms with van der Waals surface area (Å²) in [7, 11) is 0. The van der Waals surface area contributed by atoms with Gasteiger partial charge >= 0.3 is 5.97 Å². The van der Waals surface area contributed by atoms with E-state index in [0.717, 1.165) is 12.8 Å². The first kappa shape index (κ1) is 13.3. The van der Waals surface area contributed by atoms with Crippen molar-refractivity contribution in [2.75, 3.05) is 19.6 Å². The molecule has 0 aromatic carbocycles. The number of aliphatic carboxylic acids is 1. The zero-order valence-electron chi connectivity index (χ0n) is 10.5. The molecule has 1 saturated heterocycles. The van der Waals surface area contributed by atoms with Gasteiger partial charge in [0.1, 0.15) is 5.54 Å². The maximum atomic E-state index is 11.8. The summed E-state index contributed by atoms with van der Waals surface area (Å²) in [5.74, 6) is -1.00. The van der Waals surface area contributed by atoms with Gasteiger partial charge in [0.25, 0.3) is 0 Å². The van der Waals surface area contributed by atoms with Crippen LogP contribution in [0.25, 0.3) is 0 Å². The number of likely N-dealkylation sites (tertiary alicyclic amines) is 1. The van der Waals surface area contributed by atoms with E-state index in [1.807, 2.05) is 4.90 Å². The molecule has 6 heteroatoms. The van der Waals surface area contributed by atoms with E-state index in [4.69, 9.17) is 10.8 Å². The van der Waals surface area contributed by atoms with Crippen LogP contribution in [0.1, 0.15) is 32.1 Å². The lowest BCUT2D eigenvalue weighted by Gasteiger charge is -2.20. The van der Waals surface area contributed by atoms with Crippen molar-refractivity contribution < 1.29 is 14.7 Å². The largest absolute Gasteiger partial charge is 0.480 e. The normalized spacial score (nSPS) is 29.6. The summed E-state index contributed by atoms with van der Waals surface area (Å²) >= 11 is 0. The molecule has 1 aliphatic heterocycles. The van der Waals surface area contributed by atoms with Gasteiger partial charge < -0.3 is 16.2 Å². The van der Waals surface area contributed by atoms with Gasteiger partial charge in [-0.1, -0.05) is 12.8 Å². The second-order valence-electron chi connectivity index (χ2n) is 5.47. The highest BCUT2D eigenvalue weighted by molar-refractivity contribution is 5.81. The van der Waals surface area contributed by atoms with E-state index in [0.29, 0.717) is 19.0 Å². The molecule has 2 fully saturated rings. The molecule has 1 saturated carbocycles. The van der Waals surface area contributed by atoms with Gasteiger partial charge in [0.05, 0.1) is 6.54 Å². The molecule has 2 aliphatic rings. The van der Waals surface area contributed by atoms with Crippen LogP contribution in [0.3, 0.4) is 0 Å². The van der Waals surface area contributed by atoms with Gasteiger partial charge in [-0.25, -0.2) is 0 Å². The molecule has 1 heterocycles. The molecule has 0 aromatic heterocycles. The number of amides is 1. The quantitative estimate of drug-likeness (QED) is 0.631. The standard InChI is InChI=1S/C12H21N3O3/c13-12(11(17)18)5-6-15(8-12)7-10(16)14-9-3-1-2-4-9/h9H,1-8,13H2,(H,14,16)(H,17,18). The van der Waals surface area contributed by atoms with Crippen molar-refractivity contribution in [1.29, 1.82) is 0 Å². The summed E-state index contributed by atoms with van der Waals surface area (Å²) in [5, 5.41) is 12.0. The van der Waals surface area contributed by atoms with Gasteiger partial charge in [-0.2, -0.15) is 0 Å². The van der Waals surface area contributed by atoms with Crippen LogP contribution in [-0.2, 0) is 9.59 Å². The predicted octanol–water partition coefficient (Wildman–Crippen LogP) is -0.467. The lowest BCUT2D eigenvalue weighted by molar-refractivity contribution is -0.143. The monoisotopic (exact) mass is 255 g/mol. The molecule has 0 radical (unpaired) electrons. The minimum absolute atomic E-state index is 0.0171. The average molecular weight is 255 g/mol. The van der Waals surface area contributed by atoms with E-state index in [1.54, 1.807) is 0 Å². The molecule has 1 aliphatic carbocycles. The molecule has 2 rings (SSSR count). The van der Waals surface area contributed by atoms with E-state index in [1.165, 1.54) is 12.8 Å². The Hall–Kier alpha value is -1.14. The minimum Gasteiger partial charge on any atom is -0.480 e. The SMILES string of the molecule is NC1(C(=O)O)CCN(CC(=O)NC2CCCC2)C1. The molecule has 0 spiro atoms. The number of carboxylic acid groups (broad SMARTS) is 1. The molecule has 102 valence electrons. The summed E-state index contributed by atoms with van der Waals surface area (Å²) in [6.45, 7) is 1.07. The van der Waals surface area contributed by atoms with E-state index in [2.05, 4.69) is 5.32 Å². The van der Waals surface area contributed by atoms with Crippen LogP contribution in [0.15, 0.2) is 0 Å². The third kappa shape index (κ3) is 3.00. The third-order valence-electron chi connectivity index (χ3n) is 3.89. The highest BCUT2D eigenvalue weighted by Crippen LogP contribution is 2.19. The molecular formula is C12H21N3O3. The van der Waals surface area contributed by atoms with Crippen LogP contribution in [0.4, 0.5) is 0 Å². The van der Waals surface area contributed by atoms with Crippen LogP contribution >= 0.6 is 0 Å². The number of nitrogens with one attached hydrogen (secondary N) is 1. The summed E-state index contributed by atoms with van der Waals surface area (Å²) in [4.78, 5) is 24.6. The molecule has 1 atom stereocenters. The Kier molecular flexibility index (Phi) is 3.87. The number of nitrogens with two attached hydrogens (primary N) is 1. The fourth-order valence-corrected chi connectivity index (χ4v) is 2.77. The number of hydrogen-bond acceptors (Lipinski definition) is 4. The van der Waals surface area contributed by atoms with Crippen LogP contribution in [0.2, 0.25) is 0 Å². The maximum absolute atomic E-state index is 11.8. The van der Waals surface area contributed by atoms with E-state index < -0.39 is 11.5 Å². The Balaban J connectivity index is 1.77. The molecule has 18 heavy (non-hydrogen) atoms. The lowest BCUT2D eigenvalue weighted by atomic mass is 10.0. The van der Waals surface area contributed by atoms with E-state index in [-0.39, 0.29) is 19.0 Å². The summed E-state index contributed by atoms with van der Waals surface area (Å²) in [6, 6.07) is 0.308. The zero-order valence-corrected chi connectivity index (χ0v) is 10.5. The number of carboxylic acids is 1. The topological polar surface area (TPSA) is 95.7 Å².